The zero-order valence-electron chi connectivity index (χ0n) is 16.4. The lowest BCUT2D eigenvalue weighted by atomic mass is 10.1. The summed E-state index contributed by atoms with van der Waals surface area (Å²) < 4.78 is 28.0. The number of carbonyl (C=O) groups is 1. The Morgan fingerprint density at radius 2 is 1.83 bits per heavy atom. The lowest BCUT2D eigenvalue weighted by Gasteiger charge is -2.16. The Morgan fingerprint density at radius 3 is 2.34 bits per heavy atom. The fourth-order valence-electron chi connectivity index (χ4n) is 2.06. The predicted octanol–water partition coefficient (Wildman–Crippen LogP) is 5.56. The minimum absolute atomic E-state index is 0.0195. The first-order valence-corrected chi connectivity index (χ1v) is 12.8. The average molecular weight is 482 g/mol. The zero-order valence-corrected chi connectivity index (χ0v) is 19.7. The number of benzene rings is 1. The van der Waals surface area contributed by atoms with E-state index in [1.54, 1.807) is 26.0 Å². The van der Waals surface area contributed by atoms with E-state index in [-0.39, 0.29) is 30.6 Å². The van der Waals surface area contributed by atoms with Gasteiger partial charge in [-0.25, -0.2) is 0 Å². The van der Waals surface area contributed by atoms with Crippen LogP contribution < -0.4 is 0 Å². The highest BCUT2D eigenvalue weighted by Crippen LogP contribution is 2.47. The standard InChI is InChI=1S/C17H24NO7PS3/c1-4-24-26(22,25-5-2)12-23-16(19)10-11-28-17(27)29-13(3)14-6-8-15(9-7-14)18(20)21/h6-9,13H,4-5,10-12H2,1-3H3. The van der Waals surface area contributed by atoms with Crippen LogP contribution in [-0.2, 0) is 23.1 Å². The fourth-order valence-corrected chi connectivity index (χ4v) is 6.03. The molecule has 0 aromatic heterocycles. The van der Waals surface area contributed by atoms with Gasteiger partial charge in [0.05, 0.1) is 24.6 Å². The van der Waals surface area contributed by atoms with E-state index in [0.717, 1.165) is 5.56 Å². The molecule has 0 saturated carbocycles. The topological polar surface area (TPSA) is 105 Å². The van der Waals surface area contributed by atoms with Gasteiger partial charge in [0.1, 0.15) is 3.53 Å². The number of thioether (sulfide) groups is 2. The summed E-state index contributed by atoms with van der Waals surface area (Å²) in [6.45, 7) is 5.71. The molecule has 0 fully saturated rings. The molecule has 1 rings (SSSR count). The largest absolute Gasteiger partial charge is 0.453 e. The number of nitro groups is 1. The van der Waals surface area contributed by atoms with E-state index in [4.69, 9.17) is 26.0 Å². The van der Waals surface area contributed by atoms with Gasteiger partial charge in [-0.2, -0.15) is 0 Å². The molecule has 0 spiro atoms. The minimum Gasteiger partial charge on any atom is -0.453 e. The molecule has 0 aliphatic rings. The van der Waals surface area contributed by atoms with Crippen LogP contribution in [-0.4, -0.2) is 39.7 Å². The van der Waals surface area contributed by atoms with Crippen LogP contribution in [0.4, 0.5) is 5.69 Å². The Balaban J connectivity index is 2.36. The molecular weight excluding hydrogens is 457 g/mol. The lowest BCUT2D eigenvalue weighted by molar-refractivity contribution is -0.384. The second kappa shape index (κ2) is 13.4. The molecule has 1 aromatic carbocycles. The van der Waals surface area contributed by atoms with Crippen LogP contribution in [0.5, 0.6) is 0 Å². The summed E-state index contributed by atoms with van der Waals surface area (Å²) >= 11 is 8.10. The van der Waals surface area contributed by atoms with Gasteiger partial charge in [0.2, 0.25) is 0 Å². The number of carbonyl (C=O) groups excluding carboxylic acids is 1. The van der Waals surface area contributed by atoms with Gasteiger partial charge >= 0.3 is 13.6 Å². The second-order valence-electron chi connectivity index (χ2n) is 5.55. The average Bonchev–Trinajstić information content (AvgIpc) is 2.67. The monoisotopic (exact) mass is 481 g/mol. The molecule has 0 heterocycles. The lowest BCUT2D eigenvalue weighted by Crippen LogP contribution is -2.10. The van der Waals surface area contributed by atoms with Crippen LogP contribution in [0.15, 0.2) is 24.3 Å². The maximum absolute atomic E-state index is 12.2. The Morgan fingerprint density at radius 1 is 1.24 bits per heavy atom. The summed E-state index contributed by atoms with van der Waals surface area (Å²) in [6, 6.07) is 6.33. The molecule has 0 N–H and O–H groups in total. The van der Waals surface area contributed by atoms with Crippen molar-refractivity contribution in [2.45, 2.75) is 32.4 Å². The number of hydrogen-bond acceptors (Lipinski definition) is 10. The van der Waals surface area contributed by atoms with Crippen LogP contribution in [0, 0.1) is 10.1 Å². The van der Waals surface area contributed by atoms with E-state index in [9.17, 15) is 19.5 Å². The number of ether oxygens (including phenoxy) is 1. The molecule has 0 aliphatic heterocycles. The molecule has 8 nitrogen and oxygen atoms in total. The van der Waals surface area contributed by atoms with Crippen molar-refractivity contribution in [2.24, 2.45) is 0 Å². The van der Waals surface area contributed by atoms with Gasteiger partial charge in [0.15, 0.2) is 6.35 Å². The SMILES string of the molecule is CCOP(=O)(COC(=O)CCSC(=S)SC(C)c1ccc([N+](=O)[O-])cc1)OCC. The summed E-state index contributed by atoms with van der Waals surface area (Å²) in [4.78, 5) is 22.1. The Labute approximate surface area is 184 Å². The van der Waals surface area contributed by atoms with E-state index in [1.807, 2.05) is 6.92 Å². The summed E-state index contributed by atoms with van der Waals surface area (Å²) in [5, 5.41) is 10.7. The first-order chi connectivity index (χ1) is 13.7. The van der Waals surface area contributed by atoms with Gasteiger partial charge in [0, 0.05) is 23.1 Å². The van der Waals surface area contributed by atoms with Gasteiger partial charge in [-0.15, -0.1) is 11.8 Å². The van der Waals surface area contributed by atoms with E-state index in [2.05, 4.69) is 0 Å². The van der Waals surface area contributed by atoms with Gasteiger partial charge in [-0.1, -0.05) is 36.1 Å². The van der Waals surface area contributed by atoms with Crippen LogP contribution in [0.3, 0.4) is 0 Å². The quantitative estimate of drug-likeness (QED) is 0.124. The highest BCUT2D eigenvalue weighted by atomic mass is 32.2. The molecule has 12 heteroatoms. The Bertz CT molecular complexity index is 735. The van der Waals surface area contributed by atoms with Crippen molar-refractivity contribution in [3.8, 4) is 0 Å². The fraction of sp³-hybridized carbons (Fsp3) is 0.529. The molecule has 162 valence electrons. The van der Waals surface area contributed by atoms with Gasteiger partial charge in [0.25, 0.3) is 5.69 Å². The highest BCUT2D eigenvalue weighted by Gasteiger charge is 2.25. The number of nitrogens with zero attached hydrogens (tertiary/aromatic N) is 1. The normalized spacial score (nSPS) is 12.4. The molecule has 0 aliphatic carbocycles. The van der Waals surface area contributed by atoms with E-state index in [1.165, 1.54) is 35.7 Å². The molecule has 1 aromatic rings. The summed E-state index contributed by atoms with van der Waals surface area (Å²) in [6.07, 6.45) is -0.302. The maximum atomic E-state index is 12.2. The van der Waals surface area contributed by atoms with Crippen molar-refractivity contribution in [3.63, 3.8) is 0 Å². The number of hydrogen-bond donors (Lipinski definition) is 0. The van der Waals surface area contributed by atoms with E-state index < -0.39 is 24.8 Å². The summed E-state index contributed by atoms with van der Waals surface area (Å²) in [5.74, 6) is -0.0843. The highest BCUT2D eigenvalue weighted by molar-refractivity contribution is 8.47. The smallest absolute Gasteiger partial charge is 0.367 e. The predicted molar refractivity (Wildman–Crippen MR) is 121 cm³/mol. The molecule has 29 heavy (non-hydrogen) atoms. The van der Waals surface area contributed by atoms with Crippen molar-refractivity contribution in [1.82, 2.24) is 0 Å². The molecule has 0 radical (unpaired) electrons. The third kappa shape index (κ3) is 10.1. The van der Waals surface area contributed by atoms with Crippen LogP contribution in [0.25, 0.3) is 0 Å². The van der Waals surface area contributed by atoms with Crippen LogP contribution in [0.2, 0.25) is 0 Å². The van der Waals surface area contributed by atoms with Crippen molar-refractivity contribution >= 4 is 58.5 Å². The van der Waals surface area contributed by atoms with Crippen LogP contribution >= 0.6 is 43.3 Å². The maximum Gasteiger partial charge on any atom is 0.367 e. The molecular formula is C17H24NO7PS3. The van der Waals surface area contributed by atoms with Crippen molar-refractivity contribution in [3.05, 3.63) is 39.9 Å². The minimum atomic E-state index is -3.41. The Kier molecular flexibility index (Phi) is 12.0. The number of thiocarbonyl (C=S) groups is 1. The molecule has 1 unspecified atom stereocenters. The molecule has 0 bridgehead atoms. The number of nitro benzene ring substituents is 1. The first-order valence-electron chi connectivity index (χ1n) is 8.82. The zero-order chi connectivity index (χ0) is 21.9. The van der Waals surface area contributed by atoms with Crippen molar-refractivity contribution in [1.29, 1.82) is 0 Å². The first kappa shape index (κ1) is 26.1. The summed E-state index contributed by atoms with van der Waals surface area (Å²) in [7, 11) is -3.41. The number of non-ortho nitro benzene ring substituents is 1. The third-order valence-corrected chi connectivity index (χ3v) is 7.90. The molecule has 0 amide bonds. The molecule has 1 atom stereocenters. The Hall–Kier alpha value is -0.970. The molecule has 0 saturated heterocycles. The van der Waals surface area contributed by atoms with E-state index in [0.29, 0.717) is 9.28 Å². The summed E-state index contributed by atoms with van der Waals surface area (Å²) in [5.41, 5.74) is 0.963. The van der Waals surface area contributed by atoms with E-state index >= 15 is 0 Å². The number of rotatable bonds is 12. The van der Waals surface area contributed by atoms with Crippen molar-refractivity contribution in [2.75, 3.05) is 25.3 Å². The van der Waals surface area contributed by atoms with Crippen molar-refractivity contribution < 1.29 is 28.1 Å². The van der Waals surface area contributed by atoms with Gasteiger partial charge in [-0.3, -0.25) is 19.5 Å². The second-order valence-corrected chi connectivity index (χ2v) is 11.2. The van der Waals surface area contributed by atoms with Gasteiger partial charge < -0.3 is 13.8 Å². The van der Waals surface area contributed by atoms with Crippen LogP contribution in [0.1, 0.15) is 38.0 Å². The number of esters is 1. The third-order valence-electron chi connectivity index (χ3n) is 3.41. The van der Waals surface area contributed by atoms with Gasteiger partial charge in [-0.05, 0) is 26.3 Å².